The van der Waals surface area contributed by atoms with Gasteiger partial charge in [0.1, 0.15) is 6.33 Å². The summed E-state index contributed by atoms with van der Waals surface area (Å²) in [6.45, 7) is 0.922. The zero-order valence-electron chi connectivity index (χ0n) is 11.0. The van der Waals surface area contributed by atoms with Crippen molar-refractivity contribution in [1.82, 2.24) is 15.3 Å². The van der Waals surface area contributed by atoms with Gasteiger partial charge >= 0.3 is 0 Å². The number of carbonyl (C=O) groups is 1. The van der Waals surface area contributed by atoms with Crippen LogP contribution in [-0.2, 0) is 4.79 Å². The summed E-state index contributed by atoms with van der Waals surface area (Å²) in [5, 5.41) is 6.12. The van der Waals surface area contributed by atoms with Crippen molar-refractivity contribution in [1.29, 1.82) is 0 Å². The molecule has 102 valence electrons. The number of aromatic nitrogens is 2. The van der Waals surface area contributed by atoms with Gasteiger partial charge in [-0.3, -0.25) is 4.79 Å². The summed E-state index contributed by atoms with van der Waals surface area (Å²) >= 11 is 0. The molecule has 1 aromatic heterocycles. The Balaban J connectivity index is 1.68. The third-order valence-corrected chi connectivity index (χ3v) is 3.42. The second-order valence-corrected chi connectivity index (χ2v) is 4.84. The van der Waals surface area contributed by atoms with Gasteiger partial charge in [0.05, 0.1) is 6.04 Å². The minimum Gasteiger partial charge on any atom is -0.325 e. The second kappa shape index (κ2) is 5.79. The number of benzene rings is 1. The van der Waals surface area contributed by atoms with Gasteiger partial charge in [-0.1, -0.05) is 12.1 Å². The Kier molecular flexibility index (Phi) is 3.69. The second-order valence-electron chi connectivity index (χ2n) is 4.84. The highest BCUT2D eigenvalue weighted by Crippen LogP contribution is 2.20. The van der Waals surface area contributed by atoms with E-state index in [4.69, 9.17) is 0 Å². The summed E-state index contributed by atoms with van der Waals surface area (Å²) < 4.78 is 0. The van der Waals surface area contributed by atoms with Gasteiger partial charge in [0.25, 0.3) is 0 Å². The fourth-order valence-corrected chi connectivity index (χ4v) is 2.33. The van der Waals surface area contributed by atoms with E-state index >= 15 is 0 Å². The molecule has 2 heterocycles. The van der Waals surface area contributed by atoms with Crippen LogP contribution < -0.4 is 10.6 Å². The molecule has 1 saturated heterocycles. The van der Waals surface area contributed by atoms with E-state index < -0.39 is 0 Å². The van der Waals surface area contributed by atoms with Crippen molar-refractivity contribution in [3.8, 4) is 11.1 Å². The van der Waals surface area contributed by atoms with Gasteiger partial charge < -0.3 is 10.6 Å². The standard InChI is InChI=1S/C15H16N4O/c20-15(14-2-1-7-18-14)19-13-5-3-11(4-6-13)12-8-16-10-17-9-12/h3-6,8-10,14,18H,1-2,7H2,(H,19,20). The molecule has 1 aromatic carbocycles. The molecule has 20 heavy (non-hydrogen) atoms. The van der Waals surface area contributed by atoms with Crippen LogP contribution in [-0.4, -0.2) is 28.5 Å². The molecule has 0 radical (unpaired) electrons. The van der Waals surface area contributed by atoms with Crippen molar-refractivity contribution < 1.29 is 4.79 Å². The van der Waals surface area contributed by atoms with Crippen LogP contribution in [0, 0.1) is 0 Å². The first-order chi connectivity index (χ1) is 9.83. The van der Waals surface area contributed by atoms with Crippen molar-refractivity contribution in [3.05, 3.63) is 43.0 Å². The fourth-order valence-electron chi connectivity index (χ4n) is 2.33. The third kappa shape index (κ3) is 2.83. The maximum Gasteiger partial charge on any atom is 0.241 e. The molecule has 3 rings (SSSR count). The van der Waals surface area contributed by atoms with E-state index in [1.165, 1.54) is 6.33 Å². The van der Waals surface area contributed by atoms with Gasteiger partial charge in [0, 0.05) is 23.6 Å². The first-order valence-electron chi connectivity index (χ1n) is 6.72. The van der Waals surface area contributed by atoms with Crippen LogP contribution in [0.2, 0.25) is 0 Å². The summed E-state index contributed by atoms with van der Waals surface area (Å²) in [6, 6.07) is 7.65. The number of carbonyl (C=O) groups excluding carboxylic acids is 1. The van der Waals surface area contributed by atoms with Crippen LogP contribution in [0.25, 0.3) is 11.1 Å². The van der Waals surface area contributed by atoms with Crippen LogP contribution in [0.1, 0.15) is 12.8 Å². The Bertz CT molecular complexity index is 577. The Hall–Kier alpha value is -2.27. The molecule has 0 bridgehead atoms. The van der Waals surface area contributed by atoms with Gasteiger partial charge in [-0.25, -0.2) is 9.97 Å². The van der Waals surface area contributed by atoms with Crippen LogP contribution in [0.5, 0.6) is 0 Å². The van der Waals surface area contributed by atoms with Crippen molar-refractivity contribution in [2.75, 3.05) is 11.9 Å². The van der Waals surface area contributed by atoms with Crippen molar-refractivity contribution in [3.63, 3.8) is 0 Å². The lowest BCUT2D eigenvalue weighted by molar-refractivity contribution is -0.117. The quantitative estimate of drug-likeness (QED) is 0.891. The summed E-state index contributed by atoms with van der Waals surface area (Å²) in [6.07, 6.45) is 7.01. The molecule has 1 fully saturated rings. The van der Waals surface area contributed by atoms with E-state index in [0.29, 0.717) is 0 Å². The number of hydrogen-bond donors (Lipinski definition) is 2. The lowest BCUT2D eigenvalue weighted by Gasteiger charge is -2.11. The highest BCUT2D eigenvalue weighted by atomic mass is 16.2. The highest BCUT2D eigenvalue weighted by molar-refractivity contribution is 5.95. The molecule has 2 N–H and O–H groups in total. The van der Waals surface area contributed by atoms with E-state index in [1.807, 2.05) is 24.3 Å². The Morgan fingerprint density at radius 2 is 1.90 bits per heavy atom. The highest BCUT2D eigenvalue weighted by Gasteiger charge is 2.21. The predicted molar refractivity (Wildman–Crippen MR) is 77.1 cm³/mol. The number of hydrogen-bond acceptors (Lipinski definition) is 4. The van der Waals surface area contributed by atoms with E-state index in [0.717, 1.165) is 36.2 Å². The minimum atomic E-state index is -0.0581. The smallest absolute Gasteiger partial charge is 0.241 e. The van der Waals surface area contributed by atoms with E-state index in [9.17, 15) is 4.79 Å². The number of nitrogens with one attached hydrogen (secondary N) is 2. The van der Waals surface area contributed by atoms with E-state index in [-0.39, 0.29) is 11.9 Å². The first kappa shape index (κ1) is 12.7. The van der Waals surface area contributed by atoms with Gasteiger partial charge in [0.15, 0.2) is 0 Å². The summed E-state index contributed by atoms with van der Waals surface area (Å²) in [5.74, 6) is 0.0401. The topological polar surface area (TPSA) is 66.9 Å². The maximum atomic E-state index is 12.0. The van der Waals surface area contributed by atoms with Gasteiger partial charge in [0.2, 0.25) is 5.91 Å². The summed E-state index contributed by atoms with van der Waals surface area (Å²) in [4.78, 5) is 20.0. The molecule has 0 spiro atoms. The zero-order chi connectivity index (χ0) is 13.8. The van der Waals surface area contributed by atoms with Gasteiger partial charge in [-0.05, 0) is 37.1 Å². The Morgan fingerprint density at radius 3 is 2.55 bits per heavy atom. The molecule has 1 unspecified atom stereocenters. The normalized spacial score (nSPS) is 17.9. The van der Waals surface area contributed by atoms with Crippen LogP contribution in [0.3, 0.4) is 0 Å². The SMILES string of the molecule is O=C(Nc1ccc(-c2cncnc2)cc1)C1CCCN1. The lowest BCUT2D eigenvalue weighted by atomic mass is 10.1. The number of rotatable bonds is 3. The molecular weight excluding hydrogens is 252 g/mol. The Labute approximate surface area is 117 Å². The van der Waals surface area contributed by atoms with E-state index in [1.54, 1.807) is 12.4 Å². The molecule has 1 aliphatic heterocycles. The molecule has 5 nitrogen and oxygen atoms in total. The lowest BCUT2D eigenvalue weighted by Crippen LogP contribution is -2.35. The Morgan fingerprint density at radius 1 is 1.15 bits per heavy atom. The fraction of sp³-hybridized carbons (Fsp3) is 0.267. The molecule has 0 saturated carbocycles. The van der Waals surface area contributed by atoms with Crippen molar-refractivity contribution >= 4 is 11.6 Å². The molecule has 5 heteroatoms. The molecule has 0 aliphatic carbocycles. The van der Waals surface area contributed by atoms with Crippen LogP contribution >= 0.6 is 0 Å². The number of nitrogens with zero attached hydrogens (tertiary/aromatic N) is 2. The summed E-state index contributed by atoms with van der Waals surface area (Å²) in [5.41, 5.74) is 2.80. The average molecular weight is 268 g/mol. The van der Waals surface area contributed by atoms with Crippen LogP contribution in [0.15, 0.2) is 43.0 Å². The first-order valence-corrected chi connectivity index (χ1v) is 6.72. The predicted octanol–water partition coefficient (Wildman–Crippen LogP) is 1.83. The van der Waals surface area contributed by atoms with Gasteiger partial charge in [-0.2, -0.15) is 0 Å². The minimum absolute atomic E-state index is 0.0401. The molecular formula is C15H16N4O. The maximum absolute atomic E-state index is 12.0. The zero-order valence-corrected chi connectivity index (χ0v) is 11.0. The van der Waals surface area contributed by atoms with Crippen molar-refractivity contribution in [2.24, 2.45) is 0 Å². The third-order valence-electron chi connectivity index (χ3n) is 3.42. The number of amides is 1. The monoisotopic (exact) mass is 268 g/mol. The van der Waals surface area contributed by atoms with Crippen LogP contribution in [0.4, 0.5) is 5.69 Å². The molecule has 1 amide bonds. The van der Waals surface area contributed by atoms with Crippen molar-refractivity contribution in [2.45, 2.75) is 18.9 Å². The average Bonchev–Trinajstić information content (AvgIpc) is 3.03. The molecule has 2 aromatic rings. The molecule has 1 aliphatic rings. The number of anilines is 1. The van der Waals surface area contributed by atoms with Gasteiger partial charge in [-0.15, -0.1) is 0 Å². The largest absolute Gasteiger partial charge is 0.325 e. The summed E-state index contributed by atoms with van der Waals surface area (Å²) in [7, 11) is 0. The van der Waals surface area contributed by atoms with E-state index in [2.05, 4.69) is 20.6 Å². The molecule has 1 atom stereocenters.